The lowest BCUT2D eigenvalue weighted by atomic mass is 9.95. The van der Waals surface area contributed by atoms with Gasteiger partial charge in [0.05, 0.1) is 13.2 Å². The molecule has 0 aromatic rings. The van der Waals surface area contributed by atoms with Crippen LogP contribution in [0.15, 0.2) is 0 Å². The highest BCUT2D eigenvalue weighted by molar-refractivity contribution is 5.76. The van der Waals surface area contributed by atoms with E-state index in [2.05, 4.69) is 29.4 Å². The molecule has 0 bridgehead atoms. The molecule has 4 N–H and O–H groups in total. The second kappa shape index (κ2) is 50.2. The van der Waals surface area contributed by atoms with Gasteiger partial charge in [-0.1, -0.05) is 181 Å². The number of esters is 1. The first-order valence-electron chi connectivity index (χ1n) is 27.6. The Morgan fingerprint density at radius 1 is 0.438 bits per heavy atom. The highest BCUT2D eigenvalue weighted by Crippen LogP contribution is 2.20. The summed E-state index contributed by atoms with van der Waals surface area (Å²) >= 11 is 0. The zero-order chi connectivity index (χ0) is 46.8. The fourth-order valence-electron chi connectivity index (χ4n) is 8.64. The minimum absolute atomic E-state index is 0.0260. The van der Waals surface area contributed by atoms with E-state index in [-0.39, 0.29) is 30.8 Å². The van der Waals surface area contributed by atoms with E-state index in [9.17, 15) is 24.3 Å². The highest BCUT2D eigenvalue weighted by Gasteiger charge is 2.13. The first-order valence-corrected chi connectivity index (χ1v) is 27.6. The van der Waals surface area contributed by atoms with Gasteiger partial charge < -0.3 is 30.5 Å². The molecule has 378 valence electrons. The standard InChI is InChI=1S/C54H105N3O7/c1-3-5-7-9-18-28-38-50(37-27-8-6-4-2)49-64-54(63)42-32-22-17-24-34-44-56-52(60)40-30-20-13-11-15-26-36-46-57(47-48-58)45-35-25-14-10-12-19-29-39-51(59)55-43-33-23-16-21-31-41-53(61)62/h50,58H,3-49H2,1-2H3,(H,55,59)(H,56,60)(H,61,62). The molecule has 1 unspecified atom stereocenters. The SMILES string of the molecule is CCCCCCCCC(CCCCCC)COC(=O)CCCCCCCNC(=O)CCCCCCCCCN(CCO)CCCCCCCCCC(=O)NCCCCCCCC(=O)O. The third-order valence-corrected chi connectivity index (χ3v) is 12.9. The van der Waals surface area contributed by atoms with Gasteiger partial charge in [-0.2, -0.15) is 0 Å². The largest absolute Gasteiger partial charge is 0.481 e. The number of hydrogen-bond donors (Lipinski definition) is 4. The maximum atomic E-state index is 12.4. The monoisotopic (exact) mass is 908 g/mol. The van der Waals surface area contributed by atoms with Crippen LogP contribution in [0.4, 0.5) is 0 Å². The predicted molar refractivity (Wildman–Crippen MR) is 268 cm³/mol. The smallest absolute Gasteiger partial charge is 0.305 e. The van der Waals surface area contributed by atoms with E-state index < -0.39 is 5.97 Å². The molecule has 0 aromatic heterocycles. The van der Waals surface area contributed by atoms with Crippen LogP contribution in [0.5, 0.6) is 0 Å². The lowest BCUT2D eigenvalue weighted by molar-refractivity contribution is -0.145. The molecule has 2 amide bonds. The summed E-state index contributed by atoms with van der Waals surface area (Å²) in [6, 6.07) is 0. The van der Waals surface area contributed by atoms with Crippen molar-refractivity contribution < 1.29 is 34.1 Å². The molecule has 0 saturated carbocycles. The number of nitrogens with zero attached hydrogens (tertiary/aromatic N) is 1. The van der Waals surface area contributed by atoms with Gasteiger partial charge in [-0.05, 0) is 83.2 Å². The number of carboxylic acid groups (broad SMARTS) is 1. The number of unbranched alkanes of at least 4 members (excludes halogenated alkanes) is 28. The van der Waals surface area contributed by atoms with Gasteiger partial charge in [0.15, 0.2) is 0 Å². The number of carboxylic acids is 1. The van der Waals surface area contributed by atoms with Gasteiger partial charge >= 0.3 is 11.9 Å². The van der Waals surface area contributed by atoms with Gasteiger partial charge in [0.25, 0.3) is 0 Å². The molecule has 0 aliphatic heterocycles. The van der Waals surface area contributed by atoms with Gasteiger partial charge in [-0.25, -0.2) is 0 Å². The van der Waals surface area contributed by atoms with E-state index in [1.54, 1.807) is 0 Å². The van der Waals surface area contributed by atoms with Gasteiger partial charge in [-0.15, -0.1) is 0 Å². The number of carbonyl (C=O) groups excluding carboxylic acids is 3. The van der Waals surface area contributed by atoms with Crippen molar-refractivity contribution in [3.05, 3.63) is 0 Å². The minimum Gasteiger partial charge on any atom is -0.481 e. The molecular formula is C54H105N3O7. The van der Waals surface area contributed by atoms with Crippen LogP contribution in [-0.2, 0) is 23.9 Å². The van der Waals surface area contributed by atoms with Gasteiger partial charge in [0, 0.05) is 45.3 Å². The Hall–Kier alpha value is -2.20. The predicted octanol–water partition coefficient (Wildman–Crippen LogP) is 13.4. The van der Waals surface area contributed by atoms with Crippen molar-refractivity contribution in [3.63, 3.8) is 0 Å². The molecule has 0 aliphatic rings. The minimum atomic E-state index is -0.724. The van der Waals surface area contributed by atoms with Crippen molar-refractivity contribution in [3.8, 4) is 0 Å². The second-order valence-corrected chi connectivity index (χ2v) is 19.1. The molecule has 0 rings (SSSR count). The molecule has 1 atom stereocenters. The van der Waals surface area contributed by atoms with Crippen molar-refractivity contribution in [2.75, 3.05) is 45.9 Å². The van der Waals surface area contributed by atoms with Crippen LogP contribution < -0.4 is 10.6 Å². The molecule has 0 saturated heterocycles. The lowest BCUT2D eigenvalue weighted by Crippen LogP contribution is -2.29. The number of ether oxygens (including phenoxy) is 1. The first kappa shape index (κ1) is 61.8. The Balaban J connectivity index is 3.68. The average molecular weight is 908 g/mol. The van der Waals surface area contributed by atoms with Crippen molar-refractivity contribution in [1.29, 1.82) is 0 Å². The molecule has 0 aliphatic carbocycles. The summed E-state index contributed by atoms with van der Waals surface area (Å²) in [4.78, 5) is 49.7. The topological polar surface area (TPSA) is 145 Å². The number of carbonyl (C=O) groups is 4. The quantitative estimate of drug-likeness (QED) is 0.0349. The molecule has 0 spiro atoms. The average Bonchev–Trinajstić information content (AvgIpc) is 3.28. The van der Waals surface area contributed by atoms with Crippen molar-refractivity contribution in [2.45, 2.75) is 271 Å². The molecule has 10 heteroatoms. The number of amides is 2. The zero-order valence-electron chi connectivity index (χ0n) is 42.2. The van der Waals surface area contributed by atoms with E-state index in [0.717, 1.165) is 123 Å². The molecule has 0 heterocycles. The zero-order valence-corrected chi connectivity index (χ0v) is 42.2. The summed E-state index contributed by atoms with van der Waals surface area (Å²) in [5.74, 6) is 0.101. The molecule has 0 radical (unpaired) electrons. The van der Waals surface area contributed by atoms with E-state index in [1.165, 1.54) is 141 Å². The second-order valence-electron chi connectivity index (χ2n) is 19.1. The summed E-state index contributed by atoms with van der Waals surface area (Å²) in [6.45, 7) is 9.68. The summed E-state index contributed by atoms with van der Waals surface area (Å²) in [7, 11) is 0. The fourth-order valence-corrected chi connectivity index (χ4v) is 8.64. The Morgan fingerprint density at radius 3 is 1.23 bits per heavy atom. The summed E-state index contributed by atoms with van der Waals surface area (Å²) in [5.41, 5.74) is 0. The summed E-state index contributed by atoms with van der Waals surface area (Å²) < 4.78 is 5.75. The van der Waals surface area contributed by atoms with Crippen molar-refractivity contribution in [1.82, 2.24) is 15.5 Å². The molecule has 10 nitrogen and oxygen atoms in total. The Kier molecular flexibility index (Phi) is 48.5. The van der Waals surface area contributed by atoms with Gasteiger partial charge in [-0.3, -0.25) is 19.2 Å². The van der Waals surface area contributed by atoms with Crippen LogP contribution in [0.2, 0.25) is 0 Å². The number of nitrogens with one attached hydrogen (secondary N) is 2. The Labute approximate surface area is 394 Å². The van der Waals surface area contributed by atoms with Crippen LogP contribution in [0.3, 0.4) is 0 Å². The number of aliphatic hydroxyl groups excluding tert-OH is 1. The van der Waals surface area contributed by atoms with Crippen LogP contribution in [0.25, 0.3) is 0 Å². The third kappa shape index (κ3) is 47.8. The van der Waals surface area contributed by atoms with E-state index in [4.69, 9.17) is 9.84 Å². The Morgan fingerprint density at radius 2 is 0.797 bits per heavy atom. The molecule has 64 heavy (non-hydrogen) atoms. The normalized spacial score (nSPS) is 11.9. The third-order valence-electron chi connectivity index (χ3n) is 12.9. The van der Waals surface area contributed by atoms with E-state index >= 15 is 0 Å². The number of aliphatic carboxylic acids is 1. The van der Waals surface area contributed by atoms with Crippen LogP contribution in [0.1, 0.15) is 271 Å². The number of rotatable bonds is 52. The molecular weight excluding hydrogens is 803 g/mol. The number of aliphatic hydroxyl groups is 1. The highest BCUT2D eigenvalue weighted by atomic mass is 16.5. The summed E-state index contributed by atoms with van der Waals surface area (Å²) in [6.07, 6.45) is 43.4. The van der Waals surface area contributed by atoms with Crippen molar-refractivity contribution >= 4 is 23.8 Å². The van der Waals surface area contributed by atoms with Gasteiger partial charge in [0.1, 0.15) is 0 Å². The fraction of sp³-hybridized carbons (Fsp3) is 0.926. The van der Waals surface area contributed by atoms with Crippen LogP contribution in [-0.4, -0.2) is 84.8 Å². The van der Waals surface area contributed by atoms with Crippen LogP contribution in [0, 0.1) is 5.92 Å². The van der Waals surface area contributed by atoms with Gasteiger partial charge in [0.2, 0.25) is 11.8 Å². The lowest BCUT2D eigenvalue weighted by Gasteiger charge is -2.21. The maximum absolute atomic E-state index is 12.4. The molecule has 0 fully saturated rings. The van der Waals surface area contributed by atoms with E-state index in [0.29, 0.717) is 31.8 Å². The van der Waals surface area contributed by atoms with Crippen LogP contribution >= 0.6 is 0 Å². The van der Waals surface area contributed by atoms with E-state index in [1.807, 2.05) is 0 Å². The molecule has 0 aromatic carbocycles. The van der Waals surface area contributed by atoms with Crippen molar-refractivity contribution in [2.24, 2.45) is 5.92 Å². The first-order chi connectivity index (χ1) is 31.3. The Bertz CT molecular complexity index is 1040. The maximum Gasteiger partial charge on any atom is 0.305 e. The summed E-state index contributed by atoms with van der Waals surface area (Å²) in [5, 5.41) is 24.3. The number of hydrogen-bond acceptors (Lipinski definition) is 7.